The Labute approximate surface area is 241 Å². The highest BCUT2D eigenvalue weighted by molar-refractivity contribution is 7.92. The second-order valence-corrected chi connectivity index (χ2v) is 12.5. The molecular formula is C28H37Cl2N3O5S. The molecule has 0 saturated heterocycles. The van der Waals surface area contributed by atoms with Crippen molar-refractivity contribution >= 4 is 50.7 Å². The van der Waals surface area contributed by atoms with Gasteiger partial charge in [-0.15, -0.1) is 0 Å². The Balaban J connectivity index is 1.92. The number of hydrogen-bond acceptors (Lipinski definition) is 5. The first-order chi connectivity index (χ1) is 18.5. The average molecular weight is 599 g/mol. The highest BCUT2D eigenvalue weighted by atomic mass is 35.5. The van der Waals surface area contributed by atoms with Gasteiger partial charge < -0.3 is 15.0 Å². The maximum Gasteiger partial charge on any atom is 0.244 e. The van der Waals surface area contributed by atoms with Crippen LogP contribution in [0.4, 0.5) is 5.69 Å². The number of carbonyl (C=O) groups excluding carboxylic acids is 2. The number of carbonyl (C=O) groups is 2. The molecule has 0 radical (unpaired) electrons. The normalized spacial score (nSPS) is 14.9. The van der Waals surface area contributed by atoms with Gasteiger partial charge in [-0.2, -0.15) is 0 Å². The molecule has 2 aromatic rings. The van der Waals surface area contributed by atoms with E-state index < -0.39 is 28.5 Å². The van der Waals surface area contributed by atoms with Gasteiger partial charge in [0.25, 0.3) is 0 Å². The molecule has 1 fully saturated rings. The van der Waals surface area contributed by atoms with E-state index in [-0.39, 0.29) is 18.5 Å². The van der Waals surface area contributed by atoms with E-state index >= 15 is 0 Å². The van der Waals surface area contributed by atoms with Crippen molar-refractivity contribution < 1.29 is 22.7 Å². The van der Waals surface area contributed by atoms with Crippen molar-refractivity contribution in [2.75, 3.05) is 23.7 Å². The molecule has 0 bridgehead atoms. The zero-order valence-electron chi connectivity index (χ0n) is 22.7. The lowest BCUT2D eigenvalue weighted by atomic mass is 9.95. The van der Waals surface area contributed by atoms with Crippen LogP contribution in [-0.2, 0) is 26.2 Å². The van der Waals surface area contributed by atoms with Crippen LogP contribution in [-0.4, -0.2) is 56.6 Å². The van der Waals surface area contributed by atoms with E-state index in [1.807, 2.05) is 13.8 Å². The second kappa shape index (κ2) is 14.2. The minimum absolute atomic E-state index is 0.0201. The van der Waals surface area contributed by atoms with Gasteiger partial charge in [-0.25, -0.2) is 8.42 Å². The molecule has 2 aromatic carbocycles. The van der Waals surface area contributed by atoms with Crippen LogP contribution in [0.25, 0.3) is 0 Å². The van der Waals surface area contributed by atoms with E-state index in [1.165, 1.54) is 4.90 Å². The van der Waals surface area contributed by atoms with Crippen molar-refractivity contribution in [3.05, 3.63) is 58.1 Å². The number of amides is 2. The number of halogens is 2. The molecule has 1 aliphatic carbocycles. The fourth-order valence-corrected chi connectivity index (χ4v) is 6.10. The van der Waals surface area contributed by atoms with Gasteiger partial charge in [-0.1, -0.05) is 55.5 Å². The number of ether oxygens (including phenoxy) is 1. The third-order valence-electron chi connectivity index (χ3n) is 6.81. The topological polar surface area (TPSA) is 96.0 Å². The average Bonchev–Trinajstić information content (AvgIpc) is 2.89. The van der Waals surface area contributed by atoms with E-state index in [1.54, 1.807) is 42.5 Å². The quantitative estimate of drug-likeness (QED) is 0.352. The number of nitrogens with zero attached hydrogens (tertiary/aromatic N) is 2. The number of sulfonamides is 1. The highest BCUT2D eigenvalue weighted by Gasteiger charge is 2.33. The molecular weight excluding hydrogens is 561 g/mol. The maximum absolute atomic E-state index is 13.9. The van der Waals surface area contributed by atoms with Crippen LogP contribution >= 0.6 is 23.2 Å². The Kier molecular flexibility index (Phi) is 11.3. The van der Waals surface area contributed by atoms with Crippen molar-refractivity contribution in [3.8, 4) is 5.75 Å². The van der Waals surface area contributed by atoms with Gasteiger partial charge in [0.2, 0.25) is 21.8 Å². The Morgan fingerprint density at radius 2 is 1.72 bits per heavy atom. The van der Waals surface area contributed by atoms with E-state index in [4.69, 9.17) is 27.9 Å². The van der Waals surface area contributed by atoms with Gasteiger partial charge in [-0.3, -0.25) is 13.9 Å². The van der Waals surface area contributed by atoms with Crippen LogP contribution in [0.3, 0.4) is 0 Å². The summed E-state index contributed by atoms with van der Waals surface area (Å²) in [6.45, 7) is 3.69. The molecule has 0 heterocycles. The smallest absolute Gasteiger partial charge is 0.244 e. The lowest BCUT2D eigenvalue weighted by Gasteiger charge is -2.34. The Morgan fingerprint density at radius 3 is 2.28 bits per heavy atom. The van der Waals surface area contributed by atoms with E-state index in [0.29, 0.717) is 40.1 Å². The summed E-state index contributed by atoms with van der Waals surface area (Å²) in [5, 5.41) is 3.92. The highest BCUT2D eigenvalue weighted by Crippen LogP contribution is 2.26. The van der Waals surface area contributed by atoms with Gasteiger partial charge in [0.15, 0.2) is 0 Å². The third-order valence-corrected chi connectivity index (χ3v) is 8.54. The van der Waals surface area contributed by atoms with Crippen LogP contribution in [0.1, 0.15) is 57.9 Å². The molecule has 1 saturated carbocycles. The second-order valence-electron chi connectivity index (χ2n) is 9.72. The lowest BCUT2D eigenvalue weighted by Crippen LogP contribution is -2.54. The Morgan fingerprint density at radius 1 is 1.05 bits per heavy atom. The molecule has 0 aromatic heterocycles. The van der Waals surface area contributed by atoms with E-state index in [0.717, 1.165) is 42.7 Å². The van der Waals surface area contributed by atoms with Gasteiger partial charge in [0.1, 0.15) is 18.3 Å². The SMILES string of the molecule is CCOc1ccc(N(CC(=O)N(Cc2ccc(Cl)cc2Cl)C(CC)C(=O)NC2CCCCC2)S(C)(=O)=O)cc1. The fourth-order valence-electron chi connectivity index (χ4n) is 4.79. The molecule has 214 valence electrons. The molecule has 1 atom stereocenters. The van der Waals surface area contributed by atoms with Gasteiger partial charge in [-0.05, 0) is 68.1 Å². The molecule has 1 N–H and O–H groups in total. The molecule has 0 aliphatic heterocycles. The van der Waals surface area contributed by atoms with Gasteiger partial charge >= 0.3 is 0 Å². The summed E-state index contributed by atoms with van der Waals surface area (Å²) in [5.74, 6) is -0.189. The number of hydrogen-bond donors (Lipinski definition) is 1. The van der Waals surface area contributed by atoms with Crippen LogP contribution in [0.5, 0.6) is 5.75 Å². The zero-order valence-corrected chi connectivity index (χ0v) is 25.0. The Bertz CT molecular complexity index is 1230. The van der Waals surface area contributed by atoms with Crippen molar-refractivity contribution in [1.29, 1.82) is 0 Å². The summed E-state index contributed by atoms with van der Waals surface area (Å²) in [7, 11) is -3.83. The zero-order chi connectivity index (χ0) is 28.6. The largest absolute Gasteiger partial charge is 0.494 e. The monoisotopic (exact) mass is 597 g/mol. The number of nitrogens with one attached hydrogen (secondary N) is 1. The summed E-state index contributed by atoms with van der Waals surface area (Å²) in [5.41, 5.74) is 0.920. The summed E-state index contributed by atoms with van der Waals surface area (Å²) in [6, 6.07) is 10.7. The minimum Gasteiger partial charge on any atom is -0.494 e. The number of anilines is 1. The molecule has 39 heavy (non-hydrogen) atoms. The summed E-state index contributed by atoms with van der Waals surface area (Å²) < 4.78 is 32.1. The molecule has 1 aliphatic rings. The van der Waals surface area contributed by atoms with Crippen LogP contribution in [0, 0.1) is 0 Å². The summed E-state index contributed by atoms with van der Waals surface area (Å²) in [6.07, 6.45) is 6.45. The van der Waals surface area contributed by atoms with Crippen LogP contribution in [0.15, 0.2) is 42.5 Å². The predicted octanol–water partition coefficient (Wildman–Crippen LogP) is 5.41. The first-order valence-electron chi connectivity index (χ1n) is 13.3. The van der Waals surface area contributed by atoms with Gasteiger partial charge in [0.05, 0.1) is 18.6 Å². The summed E-state index contributed by atoms with van der Waals surface area (Å²) >= 11 is 12.5. The first kappa shape index (κ1) is 31.0. The minimum atomic E-state index is -3.83. The van der Waals surface area contributed by atoms with Crippen molar-refractivity contribution in [2.24, 2.45) is 0 Å². The fraction of sp³-hybridized carbons (Fsp3) is 0.500. The summed E-state index contributed by atoms with van der Waals surface area (Å²) in [4.78, 5) is 28.7. The van der Waals surface area contributed by atoms with Crippen molar-refractivity contribution in [3.63, 3.8) is 0 Å². The van der Waals surface area contributed by atoms with E-state index in [9.17, 15) is 18.0 Å². The molecule has 3 rings (SSSR count). The molecule has 8 nitrogen and oxygen atoms in total. The maximum atomic E-state index is 13.9. The lowest BCUT2D eigenvalue weighted by molar-refractivity contribution is -0.140. The molecule has 1 unspecified atom stereocenters. The third kappa shape index (κ3) is 8.75. The van der Waals surface area contributed by atoms with Crippen molar-refractivity contribution in [1.82, 2.24) is 10.2 Å². The predicted molar refractivity (Wildman–Crippen MR) is 156 cm³/mol. The van der Waals surface area contributed by atoms with Crippen molar-refractivity contribution in [2.45, 2.75) is 71.0 Å². The van der Waals surface area contributed by atoms with Crippen LogP contribution in [0.2, 0.25) is 10.0 Å². The number of rotatable bonds is 12. The molecule has 11 heteroatoms. The van der Waals surface area contributed by atoms with Crippen LogP contribution < -0.4 is 14.4 Å². The van der Waals surface area contributed by atoms with E-state index in [2.05, 4.69) is 5.32 Å². The Hall–Kier alpha value is -2.49. The molecule has 0 spiro atoms. The standard InChI is InChI=1S/C28H37Cl2N3O5S/c1-4-26(28(35)31-22-9-7-6-8-10-22)32(18-20-11-12-21(29)17-25(20)30)27(34)19-33(39(3,36)37)23-13-15-24(16-14-23)38-5-2/h11-17,22,26H,4-10,18-19H2,1-3H3,(H,31,35). The number of benzene rings is 2. The first-order valence-corrected chi connectivity index (χ1v) is 15.9. The van der Waals surface area contributed by atoms with Gasteiger partial charge in [0, 0.05) is 22.6 Å². The molecule has 2 amide bonds.